The van der Waals surface area contributed by atoms with Crippen molar-refractivity contribution in [2.24, 2.45) is 0 Å². The first-order valence-electron chi connectivity index (χ1n) is 5.21. The van der Waals surface area contributed by atoms with Crippen LogP contribution in [0.1, 0.15) is 0 Å². The van der Waals surface area contributed by atoms with Gasteiger partial charge in [0, 0.05) is 22.8 Å². The Morgan fingerprint density at radius 1 is 0.812 bits per heavy atom. The molecule has 0 unspecified atom stereocenters. The predicted octanol–water partition coefficient (Wildman–Crippen LogP) is 3.54. The van der Waals surface area contributed by atoms with Crippen molar-refractivity contribution < 1.29 is 5.11 Å². The number of hydrogen-bond acceptors (Lipinski definition) is 1. The Morgan fingerprint density at radius 2 is 1.62 bits per heavy atom. The molecule has 0 saturated carbocycles. The monoisotopic (exact) mass is 209 g/mol. The highest BCUT2D eigenvalue weighted by atomic mass is 16.3. The van der Waals surface area contributed by atoms with E-state index in [0.717, 1.165) is 22.0 Å². The lowest BCUT2D eigenvalue weighted by molar-refractivity contribution is 0.481. The number of benzene rings is 2. The molecule has 1 heterocycles. The topological polar surface area (TPSA) is 36.0 Å². The summed E-state index contributed by atoms with van der Waals surface area (Å²) in [4.78, 5) is 3.18. The van der Waals surface area contributed by atoms with Gasteiger partial charge in [-0.3, -0.25) is 0 Å². The normalized spacial score (nSPS) is 10.8. The summed E-state index contributed by atoms with van der Waals surface area (Å²) in [7, 11) is 0. The molecular formula is C14H11NO. The largest absolute Gasteiger partial charge is 0.507 e. The molecule has 0 aliphatic rings. The zero-order valence-corrected chi connectivity index (χ0v) is 8.64. The second kappa shape index (κ2) is 3.42. The van der Waals surface area contributed by atoms with Gasteiger partial charge < -0.3 is 10.1 Å². The number of fused-ring (bicyclic) bond motifs is 1. The number of hydrogen-bond donors (Lipinski definition) is 2. The Balaban J connectivity index is 2.39. The maximum Gasteiger partial charge on any atom is 0.123 e. The minimum absolute atomic E-state index is 0.325. The fourth-order valence-electron chi connectivity index (χ4n) is 2.02. The summed E-state index contributed by atoms with van der Waals surface area (Å²) in [6, 6.07) is 15.5. The molecule has 2 aromatic carbocycles. The van der Waals surface area contributed by atoms with Gasteiger partial charge in [-0.25, -0.2) is 0 Å². The Hall–Kier alpha value is -2.22. The number of rotatable bonds is 1. The minimum atomic E-state index is 0.325. The summed E-state index contributed by atoms with van der Waals surface area (Å²) in [6.45, 7) is 0. The van der Waals surface area contributed by atoms with Crippen LogP contribution < -0.4 is 0 Å². The van der Waals surface area contributed by atoms with E-state index in [9.17, 15) is 5.11 Å². The van der Waals surface area contributed by atoms with Crippen molar-refractivity contribution in [3.63, 3.8) is 0 Å². The van der Waals surface area contributed by atoms with Gasteiger partial charge in [0.1, 0.15) is 5.75 Å². The molecule has 0 atom stereocenters. The van der Waals surface area contributed by atoms with Gasteiger partial charge in [-0.05, 0) is 29.7 Å². The molecule has 2 heteroatoms. The quantitative estimate of drug-likeness (QED) is 0.631. The SMILES string of the molecule is Oc1ccc(-c2ccc[nH]2)c2ccccc12. The van der Waals surface area contributed by atoms with Crippen molar-refractivity contribution in [2.75, 3.05) is 0 Å². The zero-order chi connectivity index (χ0) is 11.0. The van der Waals surface area contributed by atoms with Gasteiger partial charge in [0.2, 0.25) is 0 Å². The molecule has 0 amide bonds. The van der Waals surface area contributed by atoms with Crippen LogP contribution in [-0.2, 0) is 0 Å². The molecule has 0 spiro atoms. The molecule has 78 valence electrons. The van der Waals surface area contributed by atoms with E-state index in [-0.39, 0.29) is 0 Å². The fraction of sp³-hybridized carbons (Fsp3) is 0. The number of aromatic nitrogens is 1. The molecule has 0 aliphatic carbocycles. The summed E-state index contributed by atoms with van der Waals surface area (Å²) in [5.74, 6) is 0.325. The predicted molar refractivity (Wildman–Crippen MR) is 65.4 cm³/mol. The summed E-state index contributed by atoms with van der Waals surface area (Å²) in [6.07, 6.45) is 1.90. The number of nitrogens with one attached hydrogen (secondary N) is 1. The molecule has 3 rings (SSSR count). The first-order valence-corrected chi connectivity index (χ1v) is 5.21. The summed E-state index contributed by atoms with van der Waals surface area (Å²) in [5.41, 5.74) is 2.18. The second-order valence-electron chi connectivity index (χ2n) is 3.76. The van der Waals surface area contributed by atoms with Crippen LogP contribution in [0, 0.1) is 0 Å². The van der Waals surface area contributed by atoms with Crippen LogP contribution in [0.4, 0.5) is 0 Å². The Bertz CT molecular complexity index is 626. The first-order chi connectivity index (χ1) is 7.86. The molecule has 2 N–H and O–H groups in total. The lowest BCUT2D eigenvalue weighted by Crippen LogP contribution is -1.81. The summed E-state index contributed by atoms with van der Waals surface area (Å²) in [5, 5.41) is 11.7. The smallest absolute Gasteiger partial charge is 0.123 e. The Kier molecular flexibility index (Phi) is 1.93. The van der Waals surface area contributed by atoms with E-state index in [1.165, 1.54) is 0 Å². The number of aromatic amines is 1. The van der Waals surface area contributed by atoms with E-state index >= 15 is 0 Å². The molecule has 0 bridgehead atoms. The highest BCUT2D eigenvalue weighted by molar-refractivity contribution is 5.99. The molecule has 0 aliphatic heterocycles. The zero-order valence-electron chi connectivity index (χ0n) is 8.64. The third-order valence-corrected chi connectivity index (χ3v) is 2.79. The maximum atomic E-state index is 9.78. The van der Waals surface area contributed by atoms with Crippen LogP contribution in [0.2, 0.25) is 0 Å². The fourth-order valence-corrected chi connectivity index (χ4v) is 2.02. The maximum absolute atomic E-state index is 9.78. The lowest BCUT2D eigenvalue weighted by atomic mass is 10.0. The van der Waals surface area contributed by atoms with Crippen molar-refractivity contribution in [3.8, 4) is 17.0 Å². The van der Waals surface area contributed by atoms with Crippen molar-refractivity contribution in [3.05, 3.63) is 54.7 Å². The van der Waals surface area contributed by atoms with Crippen LogP contribution in [0.25, 0.3) is 22.0 Å². The van der Waals surface area contributed by atoms with Gasteiger partial charge >= 0.3 is 0 Å². The van der Waals surface area contributed by atoms with Gasteiger partial charge in [-0.1, -0.05) is 24.3 Å². The average Bonchev–Trinajstić information content (AvgIpc) is 2.83. The number of phenols is 1. The molecular weight excluding hydrogens is 198 g/mol. The number of phenolic OH excluding ortho intramolecular Hbond substituents is 1. The summed E-state index contributed by atoms with van der Waals surface area (Å²) >= 11 is 0. The molecule has 0 saturated heterocycles. The summed E-state index contributed by atoms with van der Waals surface area (Å²) < 4.78 is 0. The Morgan fingerprint density at radius 3 is 2.38 bits per heavy atom. The molecule has 0 radical (unpaired) electrons. The number of aromatic hydroxyl groups is 1. The highest BCUT2D eigenvalue weighted by Crippen LogP contribution is 2.32. The average molecular weight is 209 g/mol. The van der Waals surface area contributed by atoms with E-state index in [4.69, 9.17) is 0 Å². The lowest BCUT2D eigenvalue weighted by Gasteiger charge is -2.06. The molecule has 0 fully saturated rings. The van der Waals surface area contributed by atoms with Gasteiger partial charge in [-0.2, -0.15) is 0 Å². The Labute approximate surface area is 93.2 Å². The van der Waals surface area contributed by atoms with E-state index < -0.39 is 0 Å². The van der Waals surface area contributed by atoms with Gasteiger partial charge in [0.25, 0.3) is 0 Å². The number of H-pyrrole nitrogens is 1. The molecule has 1 aromatic heterocycles. The minimum Gasteiger partial charge on any atom is -0.507 e. The van der Waals surface area contributed by atoms with Crippen LogP contribution in [0.5, 0.6) is 5.75 Å². The van der Waals surface area contributed by atoms with Crippen LogP contribution in [-0.4, -0.2) is 10.1 Å². The highest BCUT2D eigenvalue weighted by Gasteiger charge is 2.06. The first kappa shape index (κ1) is 9.04. The van der Waals surface area contributed by atoms with E-state index in [0.29, 0.717) is 5.75 Å². The van der Waals surface area contributed by atoms with Crippen LogP contribution >= 0.6 is 0 Å². The van der Waals surface area contributed by atoms with Crippen LogP contribution in [0.15, 0.2) is 54.7 Å². The molecule has 3 aromatic rings. The van der Waals surface area contributed by atoms with Crippen molar-refractivity contribution in [2.45, 2.75) is 0 Å². The van der Waals surface area contributed by atoms with Crippen molar-refractivity contribution in [1.82, 2.24) is 4.98 Å². The van der Waals surface area contributed by atoms with Crippen LogP contribution in [0.3, 0.4) is 0 Å². The molecule has 2 nitrogen and oxygen atoms in total. The van der Waals surface area contributed by atoms with Gasteiger partial charge in [-0.15, -0.1) is 0 Å². The van der Waals surface area contributed by atoms with E-state index in [1.54, 1.807) is 6.07 Å². The van der Waals surface area contributed by atoms with E-state index in [2.05, 4.69) is 4.98 Å². The van der Waals surface area contributed by atoms with E-state index in [1.807, 2.05) is 48.7 Å². The third kappa shape index (κ3) is 1.27. The van der Waals surface area contributed by atoms with Gasteiger partial charge in [0.05, 0.1) is 0 Å². The van der Waals surface area contributed by atoms with Crippen molar-refractivity contribution in [1.29, 1.82) is 0 Å². The molecule has 16 heavy (non-hydrogen) atoms. The second-order valence-corrected chi connectivity index (χ2v) is 3.76. The standard InChI is InChI=1S/C14H11NO/c16-14-8-7-11(13-6-3-9-15-13)10-4-1-2-5-12(10)14/h1-9,15-16H. The van der Waals surface area contributed by atoms with Crippen molar-refractivity contribution >= 4 is 10.8 Å². The third-order valence-electron chi connectivity index (χ3n) is 2.79. The van der Waals surface area contributed by atoms with Gasteiger partial charge in [0.15, 0.2) is 0 Å².